The molecule has 1 aliphatic heterocycles. The number of benzene rings is 1. The zero-order valence-corrected chi connectivity index (χ0v) is 14.2. The molecule has 2 nitrogen and oxygen atoms in total. The molecule has 1 unspecified atom stereocenters. The molecule has 1 aromatic rings. The summed E-state index contributed by atoms with van der Waals surface area (Å²) in [5.41, 5.74) is 9.15. The Morgan fingerprint density at radius 1 is 1.10 bits per heavy atom. The first-order valence-corrected chi connectivity index (χ1v) is 8.57. The van der Waals surface area contributed by atoms with Gasteiger partial charge in [-0.1, -0.05) is 44.5 Å². The summed E-state index contributed by atoms with van der Waals surface area (Å²) in [6, 6.07) is 10.4. The molecule has 0 bridgehead atoms. The van der Waals surface area contributed by atoms with Gasteiger partial charge in [0, 0.05) is 24.7 Å². The van der Waals surface area contributed by atoms with Crippen molar-refractivity contribution in [2.45, 2.75) is 71.5 Å². The number of rotatable bonds is 5. The molecule has 0 radical (unpaired) electrons. The fourth-order valence-electron chi connectivity index (χ4n) is 3.54. The Morgan fingerprint density at radius 2 is 1.67 bits per heavy atom. The molecule has 21 heavy (non-hydrogen) atoms. The van der Waals surface area contributed by atoms with Crippen molar-refractivity contribution in [1.29, 1.82) is 0 Å². The second kappa shape index (κ2) is 7.42. The highest BCUT2D eigenvalue weighted by atomic mass is 15.2. The van der Waals surface area contributed by atoms with Crippen LogP contribution in [0.2, 0.25) is 0 Å². The molecule has 2 N–H and O–H groups in total. The van der Waals surface area contributed by atoms with Crippen LogP contribution in [0.4, 0.5) is 0 Å². The van der Waals surface area contributed by atoms with Gasteiger partial charge in [0.1, 0.15) is 0 Å². The van der Waals surface area contributed by atoms with Crippen molar-refractivity contribution in [2.75, 3.05) is 6.54 Å². The first-order chi connectivity index (χ1) is 9.97. The summed E-state index contributed by atoms with van der Waals surface area (Å²) in [7, 11) is 0. The number of nitrogens with two attached hydrogens (primary N) is 1. The monoisotopic (exact) mass is 288 g/mol. The normalized spacial score (nSPS) is 25.2. The zero-order valence-electron chi connectivity index (χ0n) is 14.2. The van der Waals surface area contributed by atoms with Crippen molar-refractivity contribution in [1.82, 2.24) is 4.90 Å². The van der Waals surface area contributed by atoms with Crippen LogP contribution in [0.3, 0.4) is 0 Å². The third-order valence-electron chi connectivity index (χ3n) is 4.84. The predicted molar refractivity (Wildman–Crippen MR) is 91.4 cm³/mol. The van der Waals surface area contributed by atoms with E-state index in [2.05, 4.69) is 56.9 Å². The third kappa shape index (κ3) is 4.55. The van der Waals surface area contributed by atoms with Gasteiger partial charge in [0.15, 0.2) is 0 Å². The van der Waals surface area contributed by atoms with Gasteiger partial charge in [-0.25, -0.2) is 0 Å². The summed E-state index contributed by atoms with van der Waals surface area (Å²) in [6.07, 6.45) is 5.13. The van der Waals surface area contributed by atoms with Crippen molar-refractivity contribution >= 4 is 0 Å². The van der Waals surface area contributed by atoms with E-state index in [0.717, 1.165) is 13.0 Å². The lowest BCUT2D eigenvalue weighted by molar-refractivity contribution is 0.0961. The largest absolute Gasteiger partial charge is 0.323 e. The van der Waals surface area contributed by atoms with Gasteiger partial charge in [0.25, 0.3) is 0 Å². The number of piperidine rings is 1. The van der Waals surface area contributed by atoms with Gasteiger partial charge in [-0.2, -0.15) is 0 Å². The number of hydrogen-bond donors (Lipinski definition) is 1. The van der Waals surface area contributed by atoms with Crippen molar-refractivity contribution < 1.29 is 0 Å². The van der Waals surface area contributed by atoms with Crippen molar-refractivity contribution in [3.8, 4) is 0 Å². The van der Waals surface area contributed by atoms with Crippen LogP contribution in [-0.4, -0.2) is 23.5 Å². The summed E-state index contributed by atoms with van der Waals surface area (Å²) in [4.78, 5) is 2.59. The van der Waals surface area contributed by atoms with Crippen LogP contribution in [0.5, 0.6) is 0 Å². The Labute approximate surface area is 130 Å². The van der Waals surface area contributed by atoms with Crippen molar-refractivity contribution in [3.05, 3.63) is 35.4 Å². The first kappa shape index (κ1) is 16.5. The smallest absolute Gasteiger partial charge is 0.0424 e. The summed E-state index contributed by atoms with van der Waals surface area (Å²) < 4.78 is 0. The van der Waals surface area contributed by atoms with E-state index in [4.69, 9.17) is 5.73 Å². The van der Waals surface area contributed by atoms with E-state index >= 15 is 0 Å². The molecule has 1 aliphatic rings. The van der Waals surface area contributed by atoms with E-state index < -0.39 is 0 Å². The highest BCUT2D eigenvalue weighted by Gasteiger charge is 2.26. The molecule has 0 amide bonds. The molecule has 1 saturated heterocycles. The minimum absolute atomic E-state index is 0.126. The Balaban J connectivity index is 1.97. The first-order valence-electron chi connectivity index (χ1n) is 8.57. The van der Waals surface area contributed by atoms with Gasteiger partial charge in [0.05, 0.1) is 0 Å². The van der Waals surface area contributed by atoms with E-state index in [1.807, 2.05) is 0 Å². The maximum absolute atomic E-state index is 6.46. The van der Waals surface area contributed by atoms with Gasteiger partial charge < -0.3 is 5.73 Å². The maximum atomic E-state index is 6.46. The van der Waals surface area contributed by atoms with Crippen LogP contribution in [0.25, 0.3) is 0 Å². The molecule has 0 saturated carbocycles. The van der Waals surface area contributed by atoms with Crippen LogP contribution in [0, 0.1) is 5.92 Å². The van der Waals surface area contributed by atoms with Crippen molar-refractivity contribution in [3.63, 3.8) is 0 Å². The second-order valence-electron chi connectivity index (χ2n) is 7.27. The van der Waals surface area contributed by atoms with Gasteiger partial charge in [-0.05, 0) is 50.2 Å². The Kier molecular flexibility index (Phi) is 5.83. The third-order valence-corrected chi connectivity index (χ3v) is 4.84. The molecular formula is C19H32N2. The van der Waals surface area contributed by atoms with E-state index in [1.165, 1.54) is 30.4 Å². The molecule has 1 heterocycles. The number of hydrogen-bond acceptors (Lipinski definition) is 2. The summed E-state index contributed by atoms with van der Waals surface area (Å²) in [5, 5.41) is 0. The predicted octanol–water partition coefficient (Wildman–Crippen LogP) is 4.15. The lowest BCUT2D eigenvalue weighted by atomic mass is 9.95. The Hall–Kier alpha value is -0.860. The standard InChI is InChI=1S/C19H32N2/c1-14(2)12-17-8-10-18(11-9-17)19(20)13-21-15(3)6-5-7-16(21)4/h8-11,14-16,19H,5-7,12-13,20H2,1-4H3/t15-,16+,19?. The zero-order chi connectivity index (χ0) is 15.4. The average molecular weight is 288 g/mol. The molecule has 118 valence electrons. The molecule has 2 heteroatoms. The SMILES string of the molecule is CC(C)Cc1ccc(C(N)CN2[C@H](C)CCC[C@@H]2C)cc1. The molecular weight excluding hydrogens is 256 g/mol. The summed E-state index contributed by atoms with van der Waals surface area (Å²) >= 11 is 0. The Bertz CT molecular complexity index is 414. The molecule has 0 aliphatic carbocycles. The summed E-state index contributed by atoms with van der Waals surface area (Å²) in [5.74, 6) is 0.708. The van der Waals surface area contributed by atoms with Crippen molar-refractivity contribution in [2.24, 2.45) is 11.7 Å². The molecule has 2 rings (SSSR count). The van der Waals surface area contributed by atoms with Crippen LogP contribution >= 0.6 is 0 Å². The van der Waals surface area contributed by atoms with E-state index in [9.17, 15) is 0 Å². The van der Waals surface area contributed by atoms with Gasteiger partial charge >= 0.3 is 0 Å². The van der Waals surface area contributed by atoms with Crippen LogP contribution in [0.15, 0.2) is 24.3 Å². The van der Waals surface area contributed by atoms with Gasteiger partial charge in [-0.3, -0.25) is 4.90 Å². The van der Waals surface area contributed by atoms with Gasteiger partial charge in [0.2, 0.25) is 0 Å². The highest BCUT2D eigenvalue weighted by molar-refractivity contribution is 5.25. The molecule has 1 aromatic carbocycles. The topological polar surface area (TPSA) is 29.3 Å². The number of nitrogens with zero attached hydrogens (tertiary/aromatic N) is 1. The van der Waals surface area contributed by atoms with E-state index in [1.54, 1.807) is 0 Å². The van der Waals surface area contributed by atoms with Crippen LogP contribution in [-0.2, 0) is 6.42 Å². The lowest BCUT2D eigenvalue weighted by Gasteiger charge is -2.40. The number of likely N-dealkylation sites (tertiary alicyclic amines) is 1. The minimum atomic E-state index is 0.126. The fourth-order valence-corrected chi connectivity index (χ4v) is 3.54. The van der Waals surface area contributed by atoms with Crippen LogP contribution < -0.4 is 5.73 Å². The highest BCUT2D eigenvalue weighted by Crippen LogP contribution is 2.25. The lowest BCUT2D eigenvalue weighted by Crippen LogP contribution is -2.46. The summed E-state index contributed by atoms with van der Waals surface area (Å²) in [6.45, 7) is 10.2. The quantitative estimate of drug-likeness (QED) is 0.882. The van der Waals surface area contributed by atoms with Crippen LogP contribution in [0.1, 0.15) is 64.1 Å². The molecule has 0 spiro atoms. The minimum Gasteiger partial charge on any atom is -0.323 e. The molecule has 3 atom stereocenters. The van der Waals surface area contributed by atoms with E-state index in [-0.39, 0.29) is 6.04 Å². The average Bonchev–Trinajstić information content (AvgIpc) is 2.43. The molecule has 0 aromatic heterocycles. The fraction of sp³-hybridized carbons (Fsp3) is 0.684. The van der Waals surface area contributed by atoms with E-state index in [0.29, 0.717) is 18.0 Å². The molecule has 1 fully saturated rings. The van der Waals surface area contributed by atoms with Gasteiger partial charge in [-0.15, -0.1) is 0 Å². The Morgan fingerprint density at radius 3 is 2.19 bits per heavy atom. The maximum Gasteiger partial charge on any atom is 0.0424 e. The second-order valence-corrected chi connectivity index (χ2v) is 7.27.